The quantitative estimate of drug-likeness (QED) is 0.159. The molecule has 0 aliphatic heterocycles. The molecule has 0 amide bonds. The van der Waals surface area contributed by atoms with E-state index in [4.69, 9.17) is 4.42 Å². The largest absolute Gasteiger partial charge is 0.459 e. The van der Waals surface area contributed by atoms with Crippen molar-refractivity contribution < 1.29 is 4.42 Å². The van der Waals surface area contributed by atoms with E-state index in [9.17, 15) is 0 Å². The molecule has 11 aromatic rings. The van der Waals surface area contributed by atoms with Crippen molar-refractivity contribution in [2.75, 3.05) is 9.80 Å². The molecule has 1 atom stereocenters. The Kier molecular flexibility index (Phi) is 8.54. The van der Waals surface area contributed by atoms with E-state index in [2.05, 4.69) is 266 Å². The predicted octanol–water partition coefficient (Wildman–Crippen LogP) is 17.7. The number of hydrogen-bond acceptors (Lipinski definition) is 3. The molecule has 69 heavy (non-hydrogen) atoms. The average Bonchev–Trinajstić information content (AvgIpc) is 4.09. The molecule has 1 spiro atoms. The Labute approximate surface area is 402 Å². The molecule has 1 unspecified atom stereocenters. The van der Waals surface area contributed by atoms with E-state index in [1.807, 2.05) is 0 Å². The number of furan rings is 1. The molecule has 3 heteroatoms. The van der Waals surface area contributed by atoms with E-state index < -0.39 is 5.41 Å². The molecule has 1 aromatic heterocycles. The summed E-state index contributed by atoms with van der Waals surface area (Å²) in [5.41, 5.74) is 22.6. The van der Waals surface area contributed by atoms with E-state index >= 15 is 0 Å². The van der Waals surface area contributed by atoms with Crippen LogP contribution in [0.1, 0.15) is 47.4 Å². The van der Waals surface area contributed by atoms with Crippen molar-refractivity contribution in [1.29, 1.82) is 0 Å². The summed E-state index contributed by atoms with van der Waals surface area (Å²) in [5, 5.41) is 1.13. The third-order valence-electron chi connectivity index (χ3n) is 15.2. The lowest BCUT2D eigenvalue weighted by Gasteiger charge is -2.33. The van der Waals surface area contributed by atoms with E-state index in [-0.39, 0.29) is 5.41 Å². The van der Waals surface area contributed by atoms with Crippen LogP contribution in [0.3, 0.4) is 0 Å². The number of anilines is 6. The fraction of sp³-hybridized carbons (Fsp3) is 0.0606. The van der Waals surface area contributed by atoms with Gasteiger partial charge in [-0.2, -0.15) is 0 Å². The van der Waals surface area contributed by atoms with Crippen molar-refractivity contribution in [2.24, 2.45) is 0 Å². The first-order valence-corrected chi connectivity index (χ1v) is 24.0. The lowest BCUT2D eigenvalue weighted by atomic mass is 9.73. The summed E-state index contributed by atoms with van der Waals surface area (Å²) in [4.78, 5) is 4.87. The molecule has 326 valence electrons. The first-order valence-electron chi connectivity index (χ1n) is 24.0. The molecule has 14 rings (SSSR count). The number of benzene rings is 10. The topological polar surface area (TPSA) is 19.6 Å². The van der Waals surface area contributed by atoms with Gasteiger partial charge in [0.05, 0.1) is 5.69 Å². The van der Waals surface area contributed by atoms with E-state index in [1.54, 1.807) is 0 Å². The maximum absolute atomic E-state index is 7.34. The van der Waals surface area contributed by atoms with Crippen molar-refractivity contribution in [3.63, 3.8) is 0 Å². The average molecular weight is 883 g/mol. The second-order valence-corrected chi connectivity index (χ2v) is 19.2. The number of hydrogen-bond donors (Lipinski definition) is 0. The summed E-state index contributed by atoms with van der Waals surface area (Å²) in [6, 6.07) is 89.0. The first kappa shape index (κ1) is 39.5. The molecule has 10 aromatic carbocycles. The van der Waals surface area contributed by atoms with Gasteiger partial charge in [0.1, 0.15) is 16.8 Å². The van der Waals surface area contributed by atoms with Crippen LogP contribution in [0.5, 0.6) is 0 Å². The van der Waals surface area contributed by atoms with Crippen LogP contribution in [-0.2, 0) is 10.8 Å². The number of rotatable bonds is 7. The van der Waals surface area contributed by atoms with Crippen LogP contribution in [0.15, 0.2) is 247 Å². The highest BCUT2D eigenvalue weighted by molar-refractivity contribution is 6.06. The van der Waals surface area contributed by atoms with Gasteiger partial charge in [-0.15, -0.1) is 0 Å². The molecule has 0 radical (unpaired) electrons. The molecule has 0 fully saturated rings. The highest BCUT2D eigenvalue weighted by Gasteiger charge is 2.55. The Balaban J connectivity index is 1.05. The van der Waals surface area contributed by atoms with Gasteiger partial charge in [-0.05, 0) is 134 Å². The molecule has 3 nitrogen and oxygen atoms in total. The van der Waals surface area contributed by atoms with Crippen LogP contribution in [-0.4, -0.2) is 0 Å². The van der Waals surface area contributed by atoms with Crippen molar-refractivity contribution in [3.05, 3.63) is 276 Å². The summed E-state index contributed by atoms with van der Waals surface area (Å²) in [6.45, 7) is 4.74. The molecular formula is C66H46N2O. The first-order chi connectivity index (χ1) is 34.0. The van der Waals surface area contributed by atoms with Gasteiger partial charge in [0.2, 0.25) is 0 Å². The molecule has 3 aliphatic rings. The van der Waals surface area contributed by atoms with Gasteiger partial charge in [0, 0.05) is 50.4 Å². The minimum atomic E-state index is -0.771. The zero-order valence-corrected chi connectivity index (χ0v) is 38.4. The molecular weight excluding hydrogens is 837 g/mol. The monoisotopic (exact) mass is 882 g/mol. The van der Waals surface area contributed by atoms with Crippen LogP contribution >= 0.6 is 0 Å². The molecule has 0 bridgehead atoms. The molecule has 1 heterocycles. The fourth-order valence-electron chi connectivity index (χ4n) is 12.2. The zero-order chi connectivity index (χ0) is 45.8. The Bertz CT molecular complexity index is 3790. The zero-order valence-electron chi connectivity index (χ0n) is 38.4. The van der Waals surface area contributed by atoms with Gasteiger partial charge < -0.3 is 14.2 Å². The van der Waals surface area contributed by atoms with Crippen LogP contribution in [0.2, 0.25) is 0 Å². The SMILES string of the molecule is CC1(C)c2ccccc2-c2ccc(N(c3ccc4c(c3)C3(c5ccccc5-c5ccc(N(c6ccccc6)c6ccccc6)cc53)c3oc5ccccc5c3-4)c3ccccc3-c3ccccc3)cc21. The Hall–Kier alpha value is -8.66. The molecule has 0 saturated carbocycles. The van der Waals surface area contributed by atoms with Gasteiger partial charge in [-0.1, -0.05) is 184 Å². The third-order valence-corrected chi connectivity index (χ3v) is 15.2. The highest BCUT2D eigenvalue weighted by atomic mass is 16.3. The minimum absolute atomic E-state index is 0.174. The second-order valence-electron chi connectivity index (χ2n) is 19.2. The van der Waals surface area contributed by atoms with Gasteiger partial charge in [0.25, 0.3) is 0 Å². The van der Waals surface area contributed by atoms with Gasteiger partial charge in [0.15, 0.2) is 0 Å². The summed E-state index contributed by atoms with van der Waals surface area (Å²) in [7, 11) is 0. The highest BCUT2D eigenvalue weighted by Crippen LogP contribution is 2.66. The lowest BCUT2D eigenvalue weighted by Crippen LogP contribution is -2.26. The van der Waals surface area contributed by atoms with Crippen molar-refractivity contribution in [1.82, 2.24) is 0 Å². The Morgan fingerprint density at radius 3 is 1.48 bits per heavy atom. The molecule has 0 saturated heterocycles. The standard InChI is InChI=1S/C66H46N2O/c1-65(2)56-30-16-12-27-50(56)52-37-35-47(40-58(52)65)68(61-32-18-14-26-49(61)43-20-6-3-7-21-43)48-36-39-54-60(42-48)66(64-63(54)55-29-15-19-33-62(55)69-64)57-31-17-13-28-51(57)53-38-34-46(41-59(53)66)67(44-22-8-4-9-23-44)45-24-10-5-11-25-45/h3-42H,1-2H3. The van der Waals surface area contributed by atoms with Crippen molar-refractivity contribution in [2.45, 2.75) is 24.7 Å². The number of fused-ring (bicyclic) bond motifs is 15. The van der Waals surface area contributed by atoms with Crippen molar-refractivity contribution >= 4 is 45.1 Å². The minimum Gasteiger partial charge on any atom is -0.459 e. The van der Waals surface area contributed by atoms with Crippen LogP contribution in [0.4, 0.5) is 34.1 Å². The van der Waals surface area contributed by atoms with Crippen LogP contribution in [0.25, 0.3) is 55.5 Å². The summed E-state index contributed by atoms with van der Waals surface area (Å²) < 4.78 is 7.34. The van der Waals surface area contributed by atoms with E-state index in [1.165, 1.54) is 61.2 Å². The maximum atomic E-state index is 7.34. The Morgan fingerprint density at radius 2 is 0.797 bits per heavy atom. The smallest absolute Gasteiger partial charge is 0.135 e. The van der Waals surface area contributed by atoms with E-state index in [0.717, 1.165) is 62.0 Å². The van der Waals surface area contributed by atoms with Gasteiger partial charge >= 0.3 is 0 Å². The third kappa shape index (κ3) is 5.62. The number of nitrogens with zero attached hydrogens (tertiary/aromatic N) is 2. The molecule has 3 aliphatic carbocycles. The van der Waals surface area contributed by atoms with Crippen LogP contribution in [0, 0.1) is 0 Å². The second kappa shape index (κ2) is 14.9. The molecule has 0 N–H and O–H groups in total. The summed E-state index contributed by atoms with van der Waals surface area (Å²) in [6.07, 6.45) is 0. The lowest BCUT2D eigenvalue weighted by molar-refractivity contribution is 0.507. The Morgan fingerprint density at radius 1 is 0.333 bits per heavy atom. The fourth-order valence-corrected chi connectivity index (χ4v) is 12.2. The van der Waals surface area contributed by atoms with Gasteiger partial charge in [-0.25, -0.2) is 0 Å². The predicted molar refractivity (Wildman–Crippen MR) is 285 cm³/mol. The number of para-hydroxylation sites is 4. The van der Waals surface area contributed by atoms with E-state index in [0.29, 0.717) is 0 Å². The normalized spacial score (nSPS) is 15.3. The van der Waals surface area contributed by atoms with Gasteiger partial charge in [-0.3, -0.25) is 0 Å². The summed E-state index contributed by atoms with van der Waals surface area (Å²) >= 11 is 0. The van der Waals surface area contributed by atoms with Crippen molar-refractivity contribution in [3.8, 4) is 44.5 Å². The maximum Gasteiger partial charge on any atom is 0.135 e. The summed E-state index contributed by atoms with van der Waals surface area (Å²) in [5.74, 6) is 0.971. The van der Waals surface area contributed by atoms with Crippen LogP contribution < -0.4 is 9.80 Å².